The Morgan fingerprint density at radius 1 is 0.171 bits per heavy atom. The van der Waals surface area contributed by atoms with Gasteiger partial charge in [0.05, 0.1) is 0 Å². The molecule has 0 unspecified atom stereocenters. The molecule has 636 valence electrons. The van der Waals surface area contributed by atoms with Gasteiger partial charge in [0.15, 0.2) is 0 Å². The molecule has 0 aliphatic heterocycles. The van der Waals surface area contributed by atoms with Crippen molar-refractivity contribution < 1.29 is 0 Å². The van der Waals surface area contributed by atoms with Gasteiger partial charge in [-0.15, -0.1) is 0 Å². The van der Waals surface area contributed by atoms with E-state index in [1.54, 1.807) is 0 Å². The van der Waals surface area contributed by atoms with Gasteiger partial charge in [0.2, 0.25) is 0 Å². The van der Waals surface area contributed by atoms with E-state index >= 15 is 0 Å². The Labute approximate surface area is 744 Å². The molecule has 0 bridgehead atoms. The quantitative estimate of drug-likeness (QED) is 0.133. The molecule has 3 aliphatic carbocycles. The van der Waals surface area contributed by atoms with Gasteiger partial charge in [-0.2, -0.15) is 0 Å². The second-order valence-corrected chi connectivity index (χ2v) is 28.5. The molecule has 0 saturated heterocycles. The fourth-order valence-electron chi connectivity index (χ4n) is 14.7. The predicted molar refractivity (Wildman–Crippen MR) is 555 cm³/mol. The van der Waals surface area contributed by atoms with Crippen LogP contribution < -0.4 is 0 Å². The summed E-state index contributed by atoms with van der Waals surface area (Å²) in [7, 11) is 2.12. The van der Waals surface area contributed by atoms with Crippen LogP contribution in [0.25, 0.3) is 98.3 Å². The summed E-state index contributed by atoms with van der Waals surface area (Å²) < 4.78 is 2.24. The molecule has 1 heterocycles. The first-order valence-corrected chi connectivity index (χ1v) is 45.6. The predicted octanol–water partition coefficient (Wildman–Crippen LogP) is 36.8. The molecular formula is C122H143N. The van der Waals surface area contributed by atoms with Crippen molar-refractivity contribution in [2.24, 2.45) is 7.05 Å². The van der Waals surface area contributed by atoms with Gasteiger partial charge in [0.25, 0.3) is 0 Å². The number of rotatable bonds is 0. The van der Waals surface area contributed by atoms with Crippen molar-refractivity contribution in [2.75, 3.05) is 0 Å². The summed E-state index contributed by atoms with van der Waals surface area (Å²) in [6.45, 7) is 49.1. The van der Waals surface area contributed by atoms with Crippen molar-refractivity contribution in [3.8, 4) is 33.4 Å². The number of hydrogen-bond acceptors (Lipinski definition) is 0. The first kappa shape index (κ1) is 101. The van der Waals surface area contributed by atoms with Crippen LogP contribution in [0, 0.1) is 55.4 Å². The standard InChI is InChI=1S/C15H12.3C14H12.C13H11N.2C11H10.2C7H8.8C2H6/c1-11-6-7-13-9-8-12-4-2-3-5-14(12)15(13)10-11;1-10-5-4-8-13-12-7-3-2-6-11(12)9-14(10)13;1-10-6-7-14-12(8-10)9-11-4-2-3-5-13(11)14;1-10-6-7-12-9-11-4-2-3-5-13(11)14(12)8-10;1-14-12-8-4-2-6-10(12)11-7-3-5-9-13(11)14;2*1-9-6-7-10-4-2-3-5-11(10)8-9;2*1-7-5-3-2-4-6-7;8*1-2/h2-10H,1H3;3*2-8H,9H2,1H3;2-9H,1H3;2*2-8H,1H3;2*2-6H,1H3;8*1-2H3. The first-order valence-electron chi connectivity index (χ1n) is 45.6. The Morgan fingerprint density at radius 2 is 0.472 bits per heavy atom. The second-order valence-electron chi connectivity index (χ2n) is 28.5. The molecule has 123 heavy (non-hydrogen) atoms. The molecule has 21 rings (SSSR count). The third-order valence-corrected chi connectivity index (χ3v) is 20.4. The van der Waals surface area contributed by atoms with Gasteiger partial charge in [-0.3, -0.25) is 0 Å². The molecule has 0 N–H and O–H groups in total. The van der Waals surface area contributed by atoms with Crippen LogP contribution in [0.2, 0.25) is 0 Å². The highest BCUT2D eigenvalue weighted by atomic mass is 14.9. The van der Waals surface area contributed by atoms with Gasteiger partial charge in [-0.05, 0) is 202 Å². The van der Waals surface area contributed by atoms with E-state index in [4.69, 9.17) is 0 Å². The maximum atomic E-state index is 2.30. The Bertz CT molecular complexity index is 5850. The van der Waals surface area contributed by atoms with Crippen LogP contribution in [0.4, 0.5) is 0 Å². The van der Waals surface area contributed by atoms with Gasteiger partial charge in [0, 0.05) is 28.9 Å². The normalized spacial score (nSPS) is 10.1. The largest absolute Gasteiger partial charge is 0.344 e. The molecule has 0 saturated carbocycles. The SMILES string of the molecule is CC.CC.CC.CC.CC.CC.CC.CC.Cc1ccc2c(c1)-c1ccccc1C2.Cc1ccc2c(c1)Cc1ccccc1-2.Cc1ccc2ccc3ccccc3c2c1.Cc1ccc2ccccc2c1.Cc1ccc2ccccc2c1.Cc1cccc2c1Cc1ccccc1-2.Cc1ccccc1.Cc1ccccc1.Cn1c2ccccc2c2ccccc21. The molecule has 1 nitrogen and oxygen atoms in total. The van der Waals surface area contributed by atoms with Crippen LogP contribution in [0.5, 0.6) is 0 Å². The molecule has 0 amide bonds. The number of benzene rings is 17. The van der Waals surface area contributed by atoms with Crippen molar-refractivity contribution in [1.29, 1.82) is 0 Å². The minimum absolute atomic E-state index is 1.10. The van der Waals surface area contributed by atoms with Crippen LogP contribution >= 0.6 is 0 Å². The highest BCUT2D eigenvalue weighted by Gasteiger charge is 2.20. The van der Waals surface area contributed by atoms with Crippen LogP contribution in [-0.2, 0) is 26.3 Å². The molecule has 18 aromatic rings. The average molecular weight is 1620 g/mol. The number of aryl methyl sites for hydroxylation is 9. The topological polar surface area (TPSA) is 4.93 Å². The third kappa shape index (κ3) is 29.4. The van der Waals surface area contributed by atoms with Crippen molar-refractivity contribution in [3.63, 3.8) is 0 Å². The maximum absolute atomic E-state index is 2.30. The molecule has 1 heteroatoms. The minimum atomic E-state index is 1.10. The zero-order valence-electron chi connectivity index (χ0n) is 79.4. The Kier molecular flexibility index (Phi) is 46.2. The Hall–Kier alpha value is -12.4. The lowest BCUT2D eigenvalue weighted by molar-refractivity contribution is 1.01. The van der Waals surface area contributed by atoms with E-state index in [0.717, 1.165) is 19.3 Å². The number of aromatic nitrogens is 1. The first-order chi connectivity index (χ1) is 60.3. The van der Waals surface area contributed by atoms with E-state index < -0.39 is 0 Å². The number of para-hydroxylation sites is 2. The van der Waals surface area contributed by atoms with Gasteiger partial charge in [0.1, 0.15) is 0 Å². The summed E-state index contributed by atoms with van der Waals surface area (Å²) in [5.41, 5.74) is 30.7. The van der Waals surface area contributed by atoms with Crippen molar-refractivity contribution in [3.05, 3.63) is 454 Å². The number of hydrogen-bond donors (Lipinski definition) is 0. The average Bonchev–Trinajstić information content (AvgIpc) is 1.64. The second kappa shape index (κ2) is 56.2. The van der Waals surface area contributed by atoms with E-state index in [-0.39, 0.29) is 0 Å². The van der Waals surface area contributed by atoms with Gasteiger partial charge in [-0.1, -0.05) is 514 Å². The molecular weight excluding hydrogens is 1480 g/mol. The van der Waals surface area contributed by atoms with Crippen LogP contribution in [0.1, 0.15) is 189 Å². The molecule has 17 aromatic carbocycles. The van der Waals surface area contributed by atoms with Crippen molar-refractivity contribution >= 4 is 64.9 Å². The van der Waals surface area contributed by atoms with Crippen molar-refractivity contribution in [1.82, 2.24) is 4.57 Å². The summed E-state index contributed by atoms with van der Waals surface area (Å²) in [5.74, 6) is 0. The molecule has 3 aliphatic rings. The van der Waals surface area contributed by atoms with E-state index in [1.165, 1.54) is 176 Å². The van der Waals surface area contributed by atoms with Gasteiger partial charge < -0.3 is 4.57 Å². The maximum Gasteiger partial charge on any atom is 0.0488 e. The highest BCUT2D eigenvalue weighted by Crippen LogP contribution is 2.40. The smallest absolute Gasteiger partial charge is 0.0488 e. The molecule has 1 aromatic heterocycles. The summed E-state index contributed by atoms with van der Waals surface area (Å²) >= 11 is 0. The van der Waals surface area contributed by atoms with Gasteiger partial charge >= 0.3 is 0 Å². The lowest BCUT2D eigenvalue weighted by Gasteiger charge is -2.04. The monoisotopic (exact) mass is 1620 g/mol. The van der Waals surface area contributed by atoms with Gasteiger partial charge in [-0.25, -0.2) is 0 Å². The van der Waals surface area contributed by atoms with E-state index in [9.17, 15) is 0 Å². The Morgan fingerprint density at radius 3 is 0.943 bits per heavy atom. The molecule has 0 radical (unpaired) electrons. The summed E-state index contributed by atoms with van der Waals surface area (Å²) in [5, 5.41) is 13.3. The van der Waals surface area contributed by atoms with E-state index in [2.05, 4.69) is 407 Å². The van der Waals surface area contributed by atoms with Crippen LogP contribution in [0.15, 0.2) is 376 Å². The zero-order valence-corrected chi connectivity index (χ0v) is 79.4. The zero-order chi connectivity index (χ0) is 90.0. The fraction of sp³-hybridized carbons (Fsp3) is 0.230. The highest BCUT2D eigenvalue weighted by molar-refractivity contribution is 6.08. The van der Waals surface area contributed by atoms with Crippen LogP contribution in [0.3, 0.4) is 0 Å². The molecule has 0 atom stereocenters. The third-order valence-electron chi connectivity index (χ3n) is 20.4. The fourth-order valence-corrected chi connectivity index (χ4v) is 14.7. The summed E-state index contributed by atoms with van der Waals surface area (Å²) in [6.07, 6.45) is 3.32. The minimum Gasteiger partial charge on any atom is -0.344 e. The lowest BCUT2D eigenvalue weighted by atomic mass is 10.0. The number of nitrogens with zero attached hydrogens (tertiary/aromatic N) is 1. The lowest BCUT2D eigenvalue weighted by Crippen LogP contribution is -1.84. The van der Waals surface area contributed by atoms with Crippen molar-refractivity contribution in [2.45, 2.75) is 185 Å². The number of fused-ring (bicyclic) bond motifs is 17. The van der Waals surface area contributed by atoms with E-state index in [0.29, 0.717) is 0 Å². The summed E-state index contributed by atoms with van der Waals surface area (Å²) in [6, 6.07) is 133. The summed E-state index contributed by atoms with van der Waals surface area (Å²) in [4.78, 5) is 0. The van der Waals surface area contributed by atoms with Crippen LogP contribution in [-0.4, -0.2) is 4.57 Å². The molecule has 0 fully saturated rings. The Balaban J connectivity index is 0.000000242. The molecule has 0 spiro atoms. The van der Waals surface area contributed by atoms with E-state index in [1.807, 2.05) is 147 Å².